The molecule has 8 heteroatoms. The maximum atomic E-state index is 12.6. The van der Waals surface area contributed by atoms with Crippen LogP contribution in [0.25, 0.3) is 0 Å². The van der Waals surface area contributed by atoms with E-state index >= 15 is 0 Å². The maximum absolute atomic E-state index is 12.6. The highest BCUT2D eigenvalue weighted by atomic mass is 19.4. The van der Waals surface area contributed by atoms with E-state index < -0.39 is 18.7 Å². The van der Waals surface area contributed by atoms with Crippen molar-refractivity contribution < 1.29 is 22.7 Å². The number of ether oxygens (including phenoxy) is 1. The van der Waals surface area contributed by atoms with Gasteiger partial charge in [-0.15, -0.1) is 0 Å². The number of amides is 1. The third-order valence-corrected chi connectivity index (χ3v) is 4.83. The molecule has 1 N–H and O–H groups in total. The number of nitriles is 1. The van der Waals surface area contributed by atoms with Crippen molar-refractivity contribution in [3.05, 3.63) is 53.2 Å². The van der Waals surface area contributed by atoms with Crippen molar-refractivity contribution in [1.82, 2.24) is 4.98 Å². The van der Waals surface area contributed by atoms with Gasteiger partial charge < -0.3 is 10.1 Å². The molecule has 0 aliphatic heterocycles. The lowest BCUT2D eigenvalue weighted by atomic mass is 9.84. The molecule has 1 aromatic heterocycles. The highest BCUT2D eigenvalue weighted by molar-refractivity contribution is 6.04. The van der Waals surface area contributed by atoms with E-state index in [0.717, 1.165) is 32.1 Å². The number of nitrogens with zero attached hydrogens (tertiary/aromatic N) is 2. The molecule has 2 aromatic rings. The molecule has 1 saturated carbocycles. The highest BCUT2D eigenvalue weighted by Crippen LogP contribution is 2.37. The second kappa shape index (κ2) is 8.95. The van der Waals surface area contributed by atoms with Crippen molar-refractivity contribution in [3.8, 4) is 11.9 Å². The number of nitrogens with one attached hydrogen (secondary N) is 1. The van der Waals surface area contributed by atoms with Crippen LogP contribution in [0.15, 0.2) is 36.5 Å². The number of rotatable bonds is 5. The predicted molar refractivity (Wildman–Crippen MR) is 101 cm³/mol. The Morgan fingerprint density at radius 3 is 2.52 bits per heavy atom. The minimum atomic E-state index is -4.46. The van der Waals surface area contributed by atoms with Crippen LogP contribution in [0.2, 0.25) is 0 Å². The van der Waals surface area contributed by atoms with E-state index in [0.29, 0.717) is 16.8 Å². The average molecular weight is 403 g/mol. The fraction of sp³-hybridized carbons (Fsp3) is 0.381. The number of alkyl halides is 3. The van der Waals surface area contributed by atoms with Gasteiger partial charge in [0.2, 0.25) is 5.88 Å². The molecule has 1 aromatic carbocycles. The van der Waals surface area contributed by atoms with Crippen LogP contribution in [0.5, 0.6) is 5.88 Å². The van der Waals surface area contributed by atoms with E-state index in [1.807, 2.05) is 6.07 Å². The SMILES string of the molecule is N#Cc1ccc(NC(=O)c2cnc(OCC(F)(F)F)c(C3CCCCC3)c2)cc1. The van der Waals surface area contributed by atoms with Gasteiger partial charge in [0.05, 0.1) is 17.2 Å². The van der Waals surface area contributed by atoms with Gasteiger partial charge in [-0.25, -0.2) is 4.98 Å². The van der Waals surface area contributed by atoms with E-state index in [9.17, 15) is 18.0 Å². The van der Waals surface area contributed by atoms with Gasteiger partial charge in [-0.05, 0) is 49.1 Å². The Morgan fingerprint density at radius 2 is 1.90 bits per heavy atom. The Labute approximate surface area is 166 Å². The van der Waals surface area contributed by atoms with Gasteiger partial charge in [0.1, 0.15) is 0 Å². The van der Waals surface area contributed by atoms with Gasteiger partial charge in [0.25, 0.3) is 5.91 Å². The van der Waals surface area contributed by atoms with Crippen molar-refractivity contribution in [2.24, 2.45) is 0 Å². The van der Waals surface area contributed by atoms with Crippen LogP contribution in [-0.2, 0) is 0 Å². The number of hydrogen-bond acceptors (Lipinski definition) is 4. The molecule has 1 amide bonds. The summed E-state index contributed by atoms with van der Waals surface area (Å²) in [6.45, 7) is -1.42. The first-order chi connectivity index (χ1) is 13.9. The lowest BCUT2D eigenvalue weighted by molar-refractivity contribution is -0.154. The van der Waals surface area contributed by atoms with Crippen LogP contribution >= 0.6 is 0 Å². The monoisotopic (exact) mass is 403 g/mol. The van der Waals surface area contributed by atoms with E-state index in [1.165, 1.54) is 6.20 Å². The largest absolute Gasteiger partial charge is 0.468 e. The van der Waals surface area contributed by atoms with Gasteiger partial charge in [-0.3, -0.25) is 4.79 Å². The minimum Gasteiger partial charge on any atom is -0.468 e. The van der Waals surface area contributed by atoms with Crippen molar-refractivity contribution in [2.75, 3.05) is 11.9 Å². The molecule has 5 nitrogen and oxygen atoms in total. The summed E-state index contributed by atoms with van der Waals surface area (Å²) in [7, 11) is 0. The molecule has 1 aliphatic carbocycles. The normalized spacial score (nSPS) is 14.8. The van der Waals surface area contributed by atoms with Crippen LogP contribution in [0.1, 0.15) is 59.5 Å². The summed E-state index contributed by atoms with van der Waals surface area (Å²) in [5, 5.41) is 11.5. The Bertz CT molecular complexity index is 899. The molecule has 1 aliphatic rings. The molecule has 0 spiro atoms. The lowest BCUT2D eigenvalue weighted by Crippen LogP contribution is -2.21. The fourth-order valence-corrected chi connectivity index (χ4v) is 3.40. The summed E-state index contributed by atoms with van der Waals surface area (Å²) < 4.78 is 42.7. The van der Waals surface area contributed by atoms with E-state index in [1.54, 1.807) is 30.3 Å². The van der Waals surface area contributed by atoms with Gasteiger partial charge in [-0.2, -0.15) is 18.4 Å². The molecule has 0 saturated heterocycles. The predicted octanol–water partition coefficient (Wildman–Crippen LogP) is 5.19. The summed E-state index contributed by atoms with van der Waals surface area (Å²) in [4.78, 5) is 16.6. The molecule has 29 heavy (non-hydrogen) atoms. The first-order valence-corrected chi connectivity index (χ1v) is 9.37. The zero-order valence-electron chi connectivity index (χ0n) is 15.6. The zero-order chi connectivity index (χ0) is 20.9. The standard InChI is InChI=1S/C21H20F3N3O2/c22-21(23,24)13-29-20-18(15-4-2-1-3-5-15)10-16(12-26-20)19(28)27-17-8-6-14(11-25)7-9-17/h6-10,12,15H,1-5,13H2,(H,27,28). The summed E-state index contributed by atoms with van der Waals surface area (Å²) in [5.41, 5.74) is 1.76. The van der Waals surface area contributed by atoms with Crippen LogP contribution < -0.4 is 10.1 Å². The Morgan fingerprint density at radius 1 is 1.21 bits per heavy atom. The molecule has 0 radical (unpaired) electrons. The zero-order valence-corrected chi connectivity index (χ0v) is 15.6. The number of pyridine rings is 1. The number of aromatic nitrogens is 1. The molecule has 1 fully saturated rings. The van der Waals surface area contributed by atoms with Crippen molar-refractivity contribution in [1.29, 1.82) is 5.26 Å². The second-order valence-electron chi connectivity index (χ2n) is 7.00. The fourth-order valence-electron chi connectivity index (χ4n) is 3.40. The van der Waals surface area contributed by atoms with E-state index in [-0.39, 0.29) is 17.4 Å². The summed E-state index contributed by atoms with van der Waals surface area (Å²) in [5.74, 6) is -0.479. The summed E-state index contributed by atoms with van der Waals surface area (Å²) >= 11 is 0. The minimum absolute atomic E-state index is 0.0159. The third kappa shape index (κ3) is 5.70. The van der Waals surface area contributed by atoms with Crippen LogP contribution in [0, 0.1) is 11.3 Å². The lowest BCUT2D eigenvalue weighted by Gasteiger charge is -2.24. The average Bonchev–Trinajstić information content (AvgIpc) is 2.72. The number of carbonyl (C=O) groups is 1. The molecule has 3 rings (SSSR count). The van der Waals surface area contributed by atoms with Gasteiger partial charge in [0, 0.05) is 17.4 Å². The quantitative estimate of drug-likeness (QED) is 0.745. The summed E-state index contributed by atoms with van der Waals surface area (Å²) in [6, 6.07) is 9.94. The van der Waals surface area contributed by atoms with Gasteiger partial charge in [0.15, 0.2) is 6.61 Å². The summed E-state index contributed by atoms with van der Waals surface area (Å²) in [6.07, 6.45) is 1.45. The Hall–Kier alpha value is -3.08. The van der Waals surface area contributed by atoms with E-state index in [2.05, 4.69) is 10.3 Å². The van der Waals surface area contributed by atoms with Crippen LogP contribution in [0.4, 0.5) is 18.9 Å². The van der Waals surface area contributed by atoms with Gasteiger partial charge in [-0.1, -0.05) is 19.3 Å². The number of carbonyl (C=O) groups excluding carboxylic acids is 1. The molecule has 1 heterocycles. The van der Waals surface area contributed by atoms with Gasteiger partial charge >= 0.3 is 6.18 Å². The van der Waals surface area contributed by atoms with E-state index in [4.69, 9.17) is 10.00 Å². The smallest absolute Gasteiger partial charge is 0.422 e. The molecule has 0 bridgehead atoms. The molecular weight excluding hydrogens is 383 g/mol. The molecule has 152 valence electrons. The molecule has 0 unspecified atom stereocenters. The topological polar surface area (TPSA) is 75.0 Å². The Balaban J connectivity index is 1.82. The molecule has 0 atom stereocenters. The maximum Gasteiger partial charge on any atom is 0.422 e. The number of benzene rings is 1. The van der Waals surface area contributed by atoms with Crippen LogP contribution in [0.3, 0.4) is 0 Å². The first kappa shape index (κ1) is 20.6. The molecular formula is C21H20F3N3O2. The number of anilines is 1. The number of hydrogen-bond donors (Lipinski definition) is 1. The Kier molecular flexibility index (Phi) is 6.37. The number of halogens is 3. The first-order valence-electron chi connectivity index (χ1n) is 9.37. The van der Waals surface area contributed by atoms with Crippen molar-refractivity contribution in [3.63, 3.8) is 0 Å². The van der Waals surface area contributed by atoms with Crippen molar-refractivity contribution in [2.45, 2.75) is 44.2 Å². The van der Waals surface area contributed by atoms with Crippen molar-refractivity contribution >= 4 is 11.6 Å². The second-order valence-corrected chi connectivity index (χ2v) is 7.00. The third-order valence-electron chi connectivity index (χ3n) is 4.83. The highest BCUT2D eigenvalue weighted by Gasteiger charge is 2.30. The van der Waals surface area contributed by atoms with Crippen LogP contribution in [-0.4, -0.2) is 23.7 Å².